The highest BCUT2D eigenvalue weighted by Gasteiger charge is 2.44. The third-order valence-corrected chi connectivity index (χ3v) is 4.92. The van der Waals surface area contributed by atoms with E-state index in [0.717, 1.165) is 5.56 Å². The molecule has 0 atom stereocenters. The third kappa shape index (κ3) is 3.64. The second-order valence-corrected chi connectivity index (χ2v) is 8.17. The van der Waals surface area contributed by atoms with E-state index in [1.807, 2.05) is 33.8 Å². The van der Waals surface area contributed by atoms with Crippen LogP contribution in [0.15, 0.2) is 12.1 Å². The number of rotatable bonds is 1. The lowest BCUT2D eigenvalue weighted by Gasteiger charge is -2.44. The van der Waals surface area contributed by atoms with E-state index in [1.54, 1.807) is 18.1 Å². The highest BCUT2D eigenvalue weighted by atomic mass is 16.6. The Bertz CT molecular complexity index is 726. The Morgan fingerprint density at radius 1 is 1.23 bits per heavy atom. The van der Waals surface area contributed by atoms with Gasteiger partial charge in [-0.2, -0.15) is 0 Å². The first-order valence-corrected chi connectivity index (χ1v) is 9.01. The van der Waals surface area contributed by atoms with Crippen LogP contribution in [0.25, 0.3) is 0 Å². The summed E-state index contributed by atoms with van der Waals surface area (Å²) in [6.45, 7) is 8.48. The summed E-state index contributed by atoms with van der Waals surface area (Å²) in [4.78, 5) is 26.7. The Balaban J connectivity index is 1.75. The van der Waals surface area contributed by atoms with Gasteiger partial charge in [-0.25, -0.2) is 4.79 Å². The lowest BCUT2D eigenvalue weighted by Crippen LogP contribution is -2.53. The highest BCUT2D eigenvalue weighted by molar-refractivity contribution is 6.02. The quantitative estimate of drug-likeness (QED) is 0.762. The number of ketones is 1. The van der Waals surface area contributed by atoms with Gasteiger partial charge in [0.1, 0.15) is 22.7 Å². The summed E-state index contributed by atoms with van der Waals surface area (Å²) in [5, 5.41) is 0. The Kier molecular flexibility index (Phi) is 4.63. The Hall–Kier alpha value is -2.24. The average molecular weight is 361 g/mol. The number of likely N-dealkylation sites (tertiary alicyclic amines) is 1. The number of carbonyl (C=O) groups is 2. The summed E-state index contributed by atoms with van der Waals surface area (Å²) in [7, 11) is 1.60. The minimum absolute atomic E-state index is 0.0946. The van der Waals surface area contributed by atoms with Gasteiger partial charge in [0, 0.05) is 32.0 Å². The first kappa shape index (κ1) is 18.5. The minimum Gasteiger partial charge on any atom is -0.497 e. The lowest BCUT2D eigenvalue weighted by molar-refractivity contribution is -0.0227. The molecule has 6 nitrogen and oxygen atoms in total. The monoisotopic (exact) mass is 361 g/mol. The molecule has 2 aliphatic rings. The van der Waals surface area contributed by atoms with E-state index >= 15 is 0 Å². The largest absolute Gasteiger partial charge is 0.497 e. The van der Waals surface area contributed by atoms with Crippen LogP contribution in [-0.2, 0) is 4.74 Å². The van der Waals surface area contributed by atoms with E-state index in [2.05, 4.69) is 0 Å². The van der Waals surface area contributed by atoms with Gasteiger partial charge in [0.05, 0.1) is 19.1 Å². The van der Waals surface area contributed by atoms with Crippen LogP contribution in [-0.4, -0.2) is 48.2 Å². The minimum atomic E-state index is -0.554. The van der Waals surface area contributed by atoms with Crippen molar-refractivity contribution in [2.24, 2.45) is 0 Å². The lowest BCUT2D eigenvalue weighted by atomic mass is 9.81. The number of hydrogen-bond acceptors (Lipinski definition) is 5. The molecule has 1 spiro atoms. The average Bonchev–Trinajstić information content (AvgIpc) is 2.52. The number of aryl methyl sites for hydroxylation is 1. The first-order valence-electron chi connectivity index (χ1n) is 9.01. The maximum Gasteiger partial charge on any atom is 0.410 e. The van der Waals surface area contributed by atoms with Gasteiger partial charge >= 0.3 is 6.09 Å². The normalized spacial score (nSPS) is 19.0. The van der Waals surface area contributed by atoms with Crippen molar-refractivity contribution >= 4 is 11.9 Å². The maximum absolute atomic E-state index is 12.8. The smallest absolute Gasteiger partial charge is 0.410 e. The van der Waals surface area contributed by atoms with Gasteiger partial charge in [0.15, 0.2) is 5.78 Å². The molecule has 1 aromatic rings. The van der Waals surface area contributed by atoms with E-state index in [-0.39, 0.29) is 11.9 Å². The topological polar surface area (TPSA) is 65.1 Å². The number of amides is 1. The molecule has 1 fully saturated rings. The summed E-state index contributed by atoms with van der Waals surface area (Å²) in [5.74, 6) is 1.36. The fraction of sp³-hybridized carbons (Fsp3) is 0.600. The Morgan fingerprint density at radius 2 is 1.88 bits per heavy atom. The van der Waals surface area contributed by atoms with Crippen LogP contribution >= 0.6 is 0 Å². The van der Waals surface area contributed by atoms with Crippen molar-refractivity contribution in [2.45, 2.75) is 58.2 Å². The fourth-order valence-corrected chi connectivity index (χ4v) is 3.63. The van der Waals surface area contributed by atoms with Gasteiger partial charge in [-0.3, -0.25) is 4.79 Å². The van der Waals surface area contributed by atoms with Gasteiger partial charge in [0.2, 0.25) is 0 Å². The van der Waals surface area contributed by atoms with Crippen molar-refractivity contribution in [1.29, 1.82) is 0 Å². The van der Waals surface area contributed by atoms with E-state index < -0.39 is 11.2 Å². The number of carbonyl (C=O) groups excluding carboxylic acids is 2. The molecule has 0 N–H and O–H groups in total. The third-order valence-electron chi connectivity index (χ3n) is 4.92. The number of hydrogen-bond donors (Lipinski definition) is 0. The molecular formula is C20H27NO5. The highest BCUT2D eigenvalue weighted by Crippen LogP contribution is 2.42. The summed E-state index contributed by atoms with van der Waals surface area (Å²) in [6.07, 6.45) is 1.24. The van der Waals surface area contributed by atoms with E-state index in [4.69, 9.17) is 14.2 Å². The van der Waals surface area contributed by atoms with Crippen LogP contribution in [0.1, 0.15) is 56.0 Å². The zero-order valence-electron chi connectivity index (χ0n) is 16.2. The van der Waals surface area contributed by atoms with E-state index in [0.29, 0.717) is 49.4 Å². The van der Waals surface area contributed by atoms with Crippen LogP contribution in [0.3, 0.4) is 0 Å². The van der Waals surface area contributed by atoms with Gasteiger partial charge in [-0.05, 0) is 39.3 Å². The first-order chi connectivity index (χ1) is 12.1. The molecule has 0 unspecified atom stereocenters. The van der Waals surface area contributed by atoms with Crippen molar-refractivity contribution in [3.05, 3.63) is 23.3 Å². The number of Topliss-reactive ketones (excluding diaryl/α,β-unsaturated/α-hetero) is 1. The molecule has 0 aliphatic carbocycles. The molecule has 2 heterocycles. The summed E-state index contributed by atoms with van der Waals surface area (Å²) in [5.41, 5.74) is 0.439. The zero-order chi connectivity index (χ0) is 19.1. The second-order valence-electron chi connectivity index (χ2n) is 8.17. The standard InChI is InChI=1S/C20H27NO5/c1-13-10-14(24-5)11-16-17(13)15(22)12-20(25-16)6-8-21(9-7-20)18(23)26-19(2,3)4/h10-11H,6-9,12H2,1-5H3. The van der Waals surface area contributed by atoms with Gasteiger partial charge in [-0.15, -0.1) is 0 Å². The van der Waals surface area contributed by atoms with Crippen LogP contribution in [0.2, 0.25) is 0 Å². The zero-order valence-corrected chi connectivity index (χ0v) is 16.2. The summed E-state index contributed by atoms with van der Waals surface area (Å²) >= 11 is 0. The summed E-state index contributed by atoms with van der Waals surface area (Å²) in [6, 6.07) is 3.63. The van der Waals surface area contributed by atoms with Crippen molar-refractivity contribution in [2.75, 3.05) is 20.2 Å². The molecule has 6 heteroatoms. The van der Waals surface area contributed by atoms with E-state index in [1.165, 1.54) is 0 Å². The van der Waals surface area contributed by atoms with Crippen LogP contribution in [0.5, 0.6) is 11.5 Å². The van der Waals surface area contributed by atoms with Crippen LogP contribution in [0.4, 0.5) is 4.79 Å². The molecule has 1 amide bonds. The second kappa shape index (κ2) is 6.49. The molecule has 3 rings (SSSR count). The molecule has 0 radical (unpaired) electrons. The molecule has 142 valence electrons. The predicted octanol–water partition coefficient (Wildman–Crippen LogP) is 3.74. The van der Waals surface area contributed by atoms with Crippen molar-refractivity contribution in [3.63, 3.8) is 0 Å². The Labute approximate surface area is 154 Å². The van der Waals surface area contributed by atoms with Crippen LogP contribution in [0, 0.1) is 6.92 Å². The predicted molar refractivity (Wildman–Crippen MR) is 97.1 cm³/mol. The van der Waals surface area contributed by atoms with Gasteiger partial charge in [0.25, 0.3) is 0 Å². The molecule has 1 saturated heterocycles. The molecule has 2 aliphatic heterocycles. The number of fused-ring (bicyclic) bond motifs is 1. The number of ether oxygens (including phenoxy) is 3. The van der Waals surface area contributed by atoms with Crippen molar-refractivity contribution in [3.8, 4) is 11.5 Å². The van der Waals surface area contributed by atoms with Crippen LogP contribution < -0.4 is 9.47 Å². The maximum atomic E-state index is 12.8. The van der Waals surface area contributed by atoms with Gasteiger partial charge in [-0.1, -0.05) is 0 Å². The molecule has 0 saturated carbocycles. The molecular weight excluding hydrogens is 334 g/mol. The molecule has 1 aromatic carbocycles. The van der Waals surface area contributed by atoms with Gasteiger partial charge < -0.3 is 19.1 Å². The SMILES string of the molecule is COc1cc(C)c2c(c1)OC1(CCN(C(=O)OC(C)(C)C)CC1)CC2=O. The fourth-order valence-electron chi connectivity index (χ4n) is 3.63. The number of piperidine rings is 1. The summed E-state index contributed by atoms with van der Waals surface area (Å²) < 4.78 is 17.0. The molecule has 0 bridgehead atoms. The molecule has 26 heavy (non-hydrogen) atoms. The Morgan fingerprint density at radius 3 is 2.46 bits per heavy atom. The number of methoxy groups -OCH3 is 1. The van der Waals surface area contributed by atoms with Crippen molar-refractivity contribution in [1.82, 2.24) is 4.90 Å². The van der Waals surface area contributed by atoms with Crippen molar-refractivity contribution < 1.29 is 23.8 Å². The number of benzene rings is 1. The number of nitrogens with zero attached hydrogens (tertiary/aromatic N) is 1. The van der Waals surface area contributed by atoms with E-state index in [9.17, 15) is 9.59 Å². The molecule has 0 aromatic heterocycles.